The molecule has 0 amide bonds. The molecular weight excluding hydrogens is 374 g/mol. The Kier molecular flexibility index (Phi) is 7.33. The highest BCUT2D eigenvalue weighted by Gasteiger charge is 2.39. The van der Waals surface area contributed by atoms with Crippen LogP contribution in [-0.2, 0) is 0 Å². The van der Waals surface area contributed by atoms with E-state index in [1.165, 1.54) is 0 Å². The average molecular weight is 415 g/mol. The fourth-order valence-electron chi connectivity index (χ4n) is 3.43. The van der Waals surface area contributed by atoms with E-state index in [0.29, 0.717) is 11.5 Å². The molecule has 5 heteroatoms. The van der Waals surface area contributed by atoms with E-state index in [0.717, 1.165) is 0 Å². The maximum atomic E-state index is 10.3. The summed E-state index contributed by atoms with van der Waals surface area (Å²) in [4.78, 5) is 0. The van der Waals surface area contributed by atoms with E-state index in [1.54, 1.807) is 12.1 Å². The molecule has 0 bridgehead atoms. The Morgan fingerprint density at radius 2 is 0.815 bits per heavy atom. The number of phenolic OH excluding ortho intramolecular Hbond substituents is 1. The lowest BCUT2D eigenvalue weighted by atomic mass is 10.2. The van der Waals surface area contributed by atoms with Crippen molar-refractivity contribution in [1.82, 2.24) is 0 Å². The first-order valence-electron chi connectivity index (χ1n) is 9.62. The number of phenols is 1. The molecule has 1 N–H and O–H groups in total. The van der Waals surface area contributed by atoms with Crippen molar-refractivity contribution in [3.63, 3.8) is 0 Å². The van der Waals surface area contributed by atoms with Crippen molar-refractivity contribution >= 4 is 16.3 Å². The topological polar surface area (TPSA) is 38.7 Å². The minimum Gasteiger partial charge on any atom is -0.508 e. The Morgan fingerprint density at radius 3 is 1.04 bits per heavy atom. The molecule has 0 saturated heterocycles. The van der Waals surface area contributed by atoms with Crippen molar-refractivity contribution in [2.45, 2.75) is 104 Å². The van der Waals surface area contributed by atoms with Gasteiger partial charge in [0.1, 0.15) is 17.2 Å². The molecule has 1 aromatic carbocycles. The Labute approximate surface area is 169 Å². The highest BCUT2D eigenvalue weighted by Crippen LogP contribution is 2.62. The summed E-state index contributed by atoms with van der Waals surface area (Å²) in [5, 5.41) is 10.4. The quantitative estimate of drug-likeness (QED) is 0.505. The summed E-state index contributed by atoms with van der Waals surface area (Å²) < 4.78 is 12.9. The summed E-state index contributed by atoms with van der Waals surface area (Å²) in [7, 11) is -1.54. The Hall–Kier alpha value is -0.520. The van der Waals surface area contributed by atoms with Gasteiger partial charge >= 0.3 is 0 Å². The van der Waals surface area contributed by atoms with Gasteiger partial charge in [0.15, 0.2) is 0 Å². The van der Waals surface area contributed by atoms with E-state index in [4.69, 9.17) is 9.05 Å². The first-order valence-corrected chi connectivity index (χ1v) is 12.1. The number of aromatic hydroxyl groups is 1. The zero-order chi connectivity index (χ0) is 21.4. The van der Waals surface area contributed by atoms with Crippen LogP contribution in [0.2, 0.25) is 0 Å². The van der Waals surface area contributed by atoms with Gasteiger partial charge < -0.3 is 14.2 Å². The molecule has 0 fully saturated rings. The summed E-state index contributed by atoms with van der Waals surface area (Å²) in [6.07, 6.45) is 0. The lowest BCUT2D eigenvalue weighted by molar-refractivity contribution is 0.460. The van der Waals surface area contributed by atoms with Crippen LogP contribution in [0.3, 0.4) is 0 Å². The van der Waals surface area contributed by atoms with Crippen molar-refractivity contribution in [2.24, 2.45) is 0 Å². The first-order chi connectivity index (χ1) is 11.8. The van der Waals surface area contributed by atoms with Crippen LogP contribution in [0.25, 0.3) is 0 Å². The molecule has 0 saturated carbocycles. The van der Waals surface area contributed by atoms with Gasteiger partial charge in [-0.05, 0) is 0 Å². The van der Waals surface area contributed by atoms with Crippen LogP contribution >= 0.6 is 16.3 Å². The minimum atomic E-state index is -0.771. The number of benzene rings is 1. The van der Waals surface area contributed by atoms with Gasteiger partial charge in [-0.3, -0.25) is 0 Å². The maximum absolute atomic E-state index is 10.3. The molecule has 0 heterocycles. The number of rotatable bonds is 4. The largest absolute Gasteiger partial charge is 0.508 e. The molecule has 0 atom stereocenters. The van der Waals surface area contributed by atoms with Crippen molar-refractivity contribution in [1.29, 1.82) is 0 Å². The average Bonchev–Trinajstić information content (AvgIpc) is 2.36. The smallest absolute Gasteiger partial charge is 0.130 e. The molecule has 3 nitrogen and oxygen atoms in total. The predicted molar refractivity (Wildman–Crippen MR) is 122 cm³/mol. The third-order valence-corrected chi connectivity index (χ3v) is 9.36. The molecule has 0 aliphatic rings. The molecule has 0 radical (unpaired) electrons. The van der Waals surface area contributed by atoms with E-state index >= 15 is 0 Å². The number of hydrogen-bond donors (Lipinski definition) is 1. The van der Waals surface area contributed by atoms with Crippen molar-refractivity contribution in [2.75, 3.05) is 0 Å². The fraction of sp³-hybridized carbons (Fsp3) is 0.727. The normalized spacial score (nSPS) is 14.0. The van der Waals surface area contributed by atoms with Gasteiger partial charge in [-0.25, -0.2) is 0 Å². The van der Waals surface area contributed by atoms with Crippen LogP contribution in [0.15, 0.2) is 18.2 Å². The molecule has 0 unspecified atom stereocenters. The summed E-state index contributed by atoms with van der Waals surface area (Å²) in [5.74, 6) is 1.54. The van der Waals surface area contributed by atoms with Crippen LogP contribution in [-0.4, -0.2) is 25.7 Å². The fourth-order valence-corrected chi connectivity index (χ4v) is 9.19. The molecule has 0 aliphatic carbocycles. The summed E-state index contributed by atoms with van der Waals surface area (Å²) in [5.41, 5.74) is 0. The Morgan fingerprint density at radius 1 is 0.556 bits per heavy atom. The van der Waals surface area contributed by atoms with Gasteiger partial charge in [-0.15, -0.1) is 0 Å². The highest BCUT2D eigenvalue weighted by atomic mass is 31.1. The summed E-state index contributed by atoms with van der Waals surface area (Å²) >= 11 is 0. The van der Waals surface area contributed by atoms with Gasteiger partial charge in [-0.2, -0.15) is 0 Å². The zero-order valence-corrected chi connectivity index (χ0v) is 21.2. The molecule has 27 heavy (non-hydrogen) atoms. The monoisotopic (exact) mass is 414 g/mol. The van der Waals surface area contributed by atoms with E-state index in [1.807, 2.05) is 6.07 Å². The Bertz CT molecular complexity index is 549. The molecule has 156 valence electrons. The van der Waals surface area contributed by atoms with Crippen LogP contribution < -0.4 is 9.05 Å². The lowest BCUT2D eigenvalue weighted by Crippen LogP contribution is -2.28. The van der Waals surface area contributed by atoms with Crippen LogP contribution in [0, 0.1) is 0 Å². The van der Waals surface area contributed by atoms with Gasteiger partial charge in [0.05, 0.1) is 16.3 Å². The van der Waals surface area contributed by atoms with Crippen molar-refractivity contribution in [3.05, 3.63) is 18.2 Å². The van der Waals surface area contributed by atoms with Crippen molar-refractivity contribution < 1.29 is 14.2 Å². The molecular formula is C22H40O3P2. The van der Waals surface area contributed by atoms with Gasteiger partial charge in [-0.1, -0.05) is 83.1 Å². The third kappa shape index (κ3) is 7.43. The first kappa shape index (κ1) is 24.5. The van der Waals surface area contributed by atoms with E-state index in [9.17, 15) is 5.11 Å². The maximum Gasteiger partial charge on any atom is 0.130 e. The van der Waals surface area contributed by atoms with Crippen LogP contribution in [0.1, 0.15) is 83.1 Å². The zero-order valence-electron chi connectivity index (χ0n) is 19.4. The summed E-state index contributed by atoms with van der Waals surface area (Å²) in [6.45, 7) is 26.5. The second-order valence-electron chi connectivity index (χ2n) is 11.1. The highest BCUT2D eigenvalue weighted by molar-refractivity contribution is 7.56. The van der Waals surface area contributed by atoms with Crippen LogP contribution in [0.5, 0.6) is 17.2 Å². The van der Waals surface area contributed by atoms with Crippen LogP contribution in [0.4, 0.5) is 0 Å². The Balaban J connectivity index is 3.24. The van der Waals surface area contributed by atoms with E-state index in [2.05, 4.69) is 83.1 Å². The van der Waals surface area contributed by atoms with Gasteiger partial charge in [0, 0.05) is 38.8 Å². The predicted octanol–water partition coefficient (Wildman–Crippen LogP) is 8.14. The molecule has 0 aromatic heterocycles. The molecule has 1 rings (SSSR count). The van der Waals surface area contributed by atoms with E-state index in [-0.39, 0.29) is 26.4 Å². The second kappa shape index (κ2) is 8.08. The number of hydrogen-bond acceptors (Lipinski definition) is 3. The van der Waals surface area contributed by atoms with Crippen molar-refractivity contribution in [3.8, 4) is 17.2 Å². The third-order valence-electron chi connectivity index (χ3n) is 3.70. The molecule has 0 aliphatic heterocycles. The van der Waals surface area contributed by atoms with Gasteiger partial charge in [0.2, 0.25) is 0 Å². The van der Waals surface area contributed by atoms with E-state index < -0.39 is 16.3 Å². The standard InChI is InChI=1S/C22H40O3P2/c1-19(2,3)26(20(4,5)6)24-17-13-16(23)14-18(15-17)25-27(21(7,8)9)22(10,11)12/h13-15,23H,1-12H3. The summed E-state index contributed by atoms with van der Waals surface area (Å²) in [6, 6.07) is 5.31. The lowest BCUT2D eigenvalue weighted by Gasteiger charge is -2.40. The second-order valence-corrected chi connectivity index (χ2v) is 18.0. The minimum absolute atomic E-state index is 0.0313. The molecule has 0 spiro atoms. The molecule has 1 aromatic rings. The SMILES string of the molecule is CC(C)(C)P(Oc1cc(O)cc(OP(C(C)(C)C)C(C)(C)C)c1)C(C)(C)C. The van der Waals surface area contributed by atoms with Gasteiger partial charge in [0.25, 0.3) is 0 Å².